The van der Waals surface area contributed by atoms with Crippen molar-refractivity contribution in [2.24, 2.45) is 0 Å². The summed E-state index contributed by atoms with van der Waals surface area (Å²) < 4.78 is 40.1. The van der Waals surface area contributed by atoms with E-state index in [2.05, 4.69) is 20.7 Å². The zero-order valence-electron chi connectivity index (χ0n) is 15.9. The number of rotatable bonds is 5. The average molecular weight is 469 g/mol. The summed E-state index contributed by atoms with van der Waals surface area (Å²) in [6, 6.07) is 8.03. The standard InChI is InChI=1S/C19H21BrN2O5S/c1-11-7-13-8-14(20)9-18(19(13)22(11)12(2)23)28(24,25)21-16-6-5-15(26-3)10-17(16)27-4/h5-6,8-11,21H,7H2,1-4H3/t11-/m1/s1. The molecule has 0 bridgehead atoms. The zero-order chi connectivity index (χ0) is 20.6. The van der Waals surface area contributed by atoms with Gasteiger partial charge in [-0.1, -0.05) is 15.9 Å². The molecule has 0 saturated carbocycles. The van der Waals surface area contributed by atoms with Gasteiger partial charge in [-0.15, -0.1) is 0 Å². The summed E-state index contributed by atoms with van der Waals surface area (Å²) in [7, 11) is -1.04. The van der Waals surface area contributed by atoms with Gasteiger partial charge in [-0.3, -0.25) is 9.52 Å². The number of carbonyl (C=O) groups excluding carboxylic acids is 1. The van der Waals surface area contributed by atoms with Gasteiger partial charge in [-0.25, -0.2) is 8.42 Å². The molecule has 2 aromatic rings. The molecule has 1 N–H and O–H groups in total. The second-order valence-corrected chi connectivity index (χ2v) is 9.09. The van der Waals surface area contributed by atoms with Crippen LogP contribution < -0.4 is 19.1 Å². The Bertz CT molecular complexity index is 1040. The van der Waals surface area contributed by atoms with Crippen LogP contribution in [0.5, 0.6) is 11.5 Å². The summed E-state index contributed by atoms with van der Waals surface area (Å²) in [5.41, 5.74) is 1.50. The van der Waals surface area contributed by atoms with E-state index in [1.54, 1.807) is 18.2 Å². The highest BCUT2D eigenvalue weighted by atomic mass is 79.9. The van der Waals surface area contributed by atoms with E-state index >= 15 is 0 Å². The molecule has 0 aliphatic carbocycles. The number of carbonyl (C=O) groups is 1. The van der Waals surface area contributed by atoms with E-state index in [4.69, 9.17) is 9.47 Å². The first kappa shape index (κ1) is 20.5. The number of halogens is 1. The van der Waals surface area contributed by atoms with Crippen molar-refractivity contribution in [3.63, 3.8) is 0 Å². The molecule has 3 rings (SSSR count). The minimum atomic E-state index is -4.00. The quantitative estimate of drug-likeness (QED) is 0.724. The Morgan fingerprint density at radius 3 is 2.54 bits per heavy atom. The molecule has 1 amide bonds. The molecule has 1 aliphatic rings. The van der Waals surface area contributed by atoms with Gasteiger partial charge in [0.05, 0.1) is 25.6 Å². The number of sulfonamides is 1. The Morgan fingerprint density at radius 1 is 1.21 bits per heavy atom. The number of hydrogen-bond acceptors (Lipinski definition) is 5. The second-order valence-electron chi connectivity index (χ2n) is 6.53. The van der Waals surface area contributed by atoms with Gasteiger partial charge in [0.15, 0.2) is 0 Å². The molecular formula is C19H21BrN2O5S. The molecular weight excluding hydrogens is 448 g/mol. The maximum Gasteiger partial charge on any atom is 0.264 e. The van der Waals surface area contributed by atoms with Crippen LogP contribution in [-0.4, -0.2) is 34.6 Å². The van der Waals surface area contributed by atoms with Gasteiger partial charge in [-0.2, -0.15) is 0 Å². The minimum absolute atomic E-state index is 0.0364. The molecule has 150 valence electrons. The van der Waals surface area contributed by atoms with Gasteiger partial charge in [0.1, 0.15) is 16.4 Å². The van der Waals surface area contributed by atoms with E-state index < -0.39 is 10.0 Å². The lowest BCUT2D eigenvalue weighted by molar-refractivity contribution is -0.116. The number of benzene rings is 2. The van der Waals surface area contributed by atoms with Crippen LogP contribution in [0.2, 0.25) is 0 Å². The van der Waals surface area contributed by atoms with E-state index in [-0.39, 0.29) is 22.5 Å². The fraction of sp³-hybridized carbons (Fsp3) is 0.316. The lowest BCUT2D eigenvalue weighted by atomic mass is 10.1. The van der Waals surface area contributed by atoms with Crippen molar-refractivity contribution < 1.29 is 22.7 Å². The van der Waals surface area contributed by atoms with Crippen LogP contribution in [0.4, 0.5) is 11.4 Å². The van der Waals surface area contributed by atoms with Gasteiger partial charge in [0.2, 0.25) is 5.91 Å². The molecule has 7 nitrogen and oxygen atoms in total. The Labute approximate surface area is 172 Å². The highest BCUT2D eigenvalue weighted by Crippen LogP contribution is 2.41. The highest BCUT2D eigenvalue weighted by Gasteiger charge is 2.35. The predicted molar refractivity (Wildman–Crippen MR) is 111 cm³/mol. The molecule has 0 aromatic heterocycles. The molecule has 1 aliphatic heterocycles. The topological polar surface area (TPSA) is 84.9 Å². The van der Waals surface area contributed by atoms with E-state index in [9.17, 15) is 13.2 Å². The Morgan fingerprint density at radius 2 is 1.93 bits per heavy atom. The van der Waals surface area contributed by atoms with E-state index in [0.29, 0.717) is 28.1 Å². The van der Waals surface area contributed by atoms with E-state index in [0.717, 1.165) is 5.56 Å². The van der Waals surface area contributed by atoms with Crippen molar-refractivity contribution in [2.45, 2.75) is 31.2 Å². The highest BCUT2D eigenvalue weighted by molar-refractivity contribution is 9.10. The van der Waals surface area contributed by atoms with Gasteiger partial charge in [0, 0.05) is 23.5 Å². The average Bonchev–Trinajstić information content (AvgIpc) is 2.96. The van der Waals surface area contributed by atoms with Crippen LogP contribution >= 0.6 is 15.9 Å². The fourth-order valence-electron chi connectivity index (χ4n) is 3.44. The van der Waals surface area contributed by atoms with Crippen molar-refractivity contribution in [1.82, 2.24) is 0 Å². The van der Waals surface area contributed by atoms with Gasteiger partial charge < -0.3 is 14.4 Å². The second kappa shape index (κ2) is 7.63. The molecule has 9 heteroatoms. The molecule has 0 fully saturated rings. The Balaban J connectivity index is 2.11. The first-order valence-electron chi connectivity index (χ1n) is 8.55. The lowest BCUT2D eigenvalue weighted by Gasteiger charge is -2.23. The molecule has 1 atom stereocenters. The summed E-state index contributed by atoms with van der Waals surface area (Å²) in [6.45, 7) is 3.33. The van der Waals surface area contributed by atoms with Crippen molar-refractivity contribution in [3.05, 3.63) is 40.4 Å². The zero-order valence-corrected chi connectivity index (χ0v) is 18.3. The van der Waals surface area contributed by atoms with Crippen LogP contribution in [0.25, 0.3) is 0 Å². The lowest BCUT2D eigenvalue weighted by Crippen LogP contribution is -2.34. The number of fused-ring (bicyclic) bond motifs is 1. The minimum Gasteiger partial charge on any atom is -0.497 e. The van der Waals surface area contributed by atoms with Crippen molar-refractivity contribution in [3.8, 4) is 11.5 Å². The molecule has 0 spiro atoms. The van der Waals surface area contributed by atoms with Crippen LogP contribution in [-0.2, 0) is 21.2 Å². The Kier molecular flexibility index (Phi) is 5.58. The third-order valence-corrected chi connectivity index (χ3v) is 6.43. The summed E-state index contributed by atoms with van der Waals surface area (Å²) >= 11 is 3.38. The number of methoxy groups -OCH3 is 2. The van der Waals surface area contributed by atoms with Crippen LogP contribution in [0.3, 0.4) is 0 Å². The predicted octanol–water partition coefficient (Wildman–Crippen LogP) is 3.56. The normalized spacial score (nSPS) is 15.9. The number of nitrogens with one attached hydrogen (secondary N) is 1. The van der Waals surface area contributed by atoms with Gasteiger partial charge in [0.25, 0.3) is 10.0 Å². The monoisotopic (exact) mass is 468 g/mol. The maximum atomic E-state index is 13.3. The number of ether oxygens (including phenoxy) is 2. The third kappa shape index (κ3) is 3.68. The molecule has 1 heterocycles. The fourth-order valence-corrected chi connectivity index (χ4v) is 5.43. The van der Waals surface area contributed by atoms with E-state index in [1.165, 1.54) is 32.1 Å². The number of hydrogen-bond donors (Lipinski definition) is 1. The van der Waals surface area contributed by atoms with Crippen molar-refractivity contribution >= 4 is 43.2 Å². The molecule has 28 heavy (non-hydrogen) atoms. The van der Waals surface area contributed by atoms with Crippen LogP contribution in [0.15, 0.2) is 39.7 Å². The SMILES string of the molecule is COc1ccc(NS(=O)(=O)c2cc(Br)cc3c2N(C(C)=O)[C@H](C)C3)c(OC)c1. The Hall–Kier alpha value is -2.26. The van der Waals surface area contributed by atoms with Crippen LogP contribution in [0.1, 0.15) is 19.4 Å². The van der Waals surface area contributed by atoms with Crippen LogP contribution in [0, 0.1) is 0 Å². The smallest absolute Gasteiger partial charge is 0.264 e. The summed E-state index contributed by atoms with van der Waals surface area (Å²) in [5.74, 6) is 0.665. The van der Waals surface area contributed by atoms with Gasteiger partial charge in [-0.05, 0) is 43.2 Å². The van der Waals surface area contributed by atoms with Gasteiger partial charge >= 0.3 is 0 Å². The molecule has 0 radical (unpaired) electrons. The first-order valence-corrected chi connectivity index (χ1v) is 10.8. The largest absolute Gasteiger partial charge is 0.497 e. The number of amides is 1. The third-order valence-electron chi connectivity index (χ3n) is 4.60. The summed E-state index contributed by atoms with van der Waals surface area (Å²) in [5, 5.41) is 0. The number of nitrogens with zero attached hydrogens (tertiary/aromatic N) is 1. The summed E-state index contributed by atoms with van der Waals surface area (Å²) in [6.07, 6.45) is 0.586. The number of anilines is 2. The maximum absolute atomic E-state index is 13.3. The van der Waals surface area contributed by atoms with Crippen molar-refractivity contribution in [1.29, 1.82) is 0 Å². The molecule has 0 saturated heterocycles. The molecule has 0 unspecified atom stereocenters. The van der Waals surface area contributed by atoms with E-state index in [1.807, 2.05) is 13.0 Å². The van der Waals surface area contributed by atoms with Crippen molar-refractivity contribution in [2.75, 3.05) is 23.8 Å². The summed E-state index contributed by atoms with van der Waals surface area (Å²) in [4.78, 5) is 13.7. The molecule has 2 aromatic carbocycles. The first-order chi connectivity index (χ1) is 13.2.